The van der Waals surface area contributed by atoms with Crippen LogP contribution in [0, 0.1) is 11.7 Å². The summed E-state index contributed by atoms with van der Waals surface area (Å²) in [7, 11) is -3.57. The van der Waals surface area contributed by atoms with Gasteiger partial charge in [0.2, 0.25) is 10.0 Å². The van der Waals surface area contributed by atoms with Crippen molar-refractivity contribution in [1.82, 2.24) is 0 Å². The summed E-state index contributed by atoms with van der Waals surface area (Å²) in [5.74, 6) is -1.13. The summed E-state index contributed by atoms with van der Waals surface area (Å²) in [5, 5.41) is 5.11. The fourth-order valence-corrected chi connectivity index (χ4v) is 2.64. The Bertz CT molecular complexity index is 487. The van der Waals surface area contributed by atoms with Crippen molar-refractivity contribution in [2.45, 2.75) is 13.3 Å². The molecule has 0 aliphatic heterocycles. The number of halogens is 2. The van der Waals surface area contributed by atoms with Crippen molar-refractivity contribution in [2.24, 2.45) is 11.1 Å². The smallest absolute Gasteiger partial charge is 0.209 e. The average Bonchev–Trinajstić information content (AvgIpc) is 2.25. The lowest BCUT2D eigenvalue weighted by Gasteiger charge is -2.15. The van der Waals surface area contributed by atoms with Gasteiger partial charge in [0.15, 0.2) is 11.6 Å². The molecule has 0 spiro atoms. The highest BCUT2D eigenvalue weighted by atomic mass is 35.5. The maximum atomic E-state index is 13.4. The van der Waals surface area contributed by atoms with E-state index in [1.54, 1.807) is 0 Å². The number of rotatable bonds is 6. The molecular formula is C11H15ClFNO3S. The van der Waals surface area contributed by atoms with Crippen molar-refractivity contribution in [1.29, 1.82) is 0 Å². The van der Waals surface area contributed by atoms with Crippen LogP contribution in [-0.2, 0) is 10.0 Å². The zero-order chi connectivity index (χ0) is 13.8. The fourth-order valence-electron chi connectivity index (χ4n) is 1.43. The number of nitrogens with two attached hydrogens (primary N) is 1. The first-order valence-electron chi connectivity index (χ1n) is 5.40. The van der Waals surface area contributed by atoms with Crippen LogP contribution in [0.2, 0.25) is 5.02 Å². The van der Waals surface area contributed by atoms with E-state index in [0.29, 0.717) is 6.42 Å². The molecule has 1 unspecified atom stereocenters. The molecule has 102 valence electrons. The molecule has 0 amide bonds. The quantitative estimate of drug-likeness (QED) is 0.874. The Morgan fingerprint density at radius 2 is 2.17 bits per heavy atom. The first-order valence-corrected chi connectivity index (χ1v) is 7.50. The van der Waals surface area contributed by atoms with Gasteiger partial charge in [-0.3, -0.25) is 0 Å². The summed E-state index contributed by atoms with van der Waals surface area (Å²) < 4.78 is 40.6. The van der Waals surface area contributed by atoms with Gasteiger partial charge in [0.1, 0.15) is 0 Å². The molecule has 0 aliphatic carbocycles. The number of hydrogen-bond donors (Lipinski definition) is 1. The van der Waals surface area contributed by atoms with Gasteiger partial charge in [-0.15, -0.1) is 0 Å². The average molecular weight is 296 g/mol. The highest BCUT2D eigenvalue weighted by Gasteiger charge is 2.16. The molecule has 1 aromatic carbocycles. The second-order valence-corrected chi connectivity index (χ2v) is 6.03. The van der Waals surface area contributed by atoms with Crippen molar-refractivity contribution in [3.63, 3.8) is 0 Å². The lowest BCUT2D eigenvalue weighted by atomic mass is 10.1. The summed E-state index contributed by atoms with van der Waals surface area (Å²) in [6, 6.07) is 4.19. The van der Waals surface area contributed by atoms with E-state index in [-0.39, 0.29) is 29.0 Å². The minimum atomic E-state index is -3.57. The molecule has 0 saturated heterocycles. The van der Waals surface area contributed by atoms with Gasteiger partial charge in [-0.05, 0) is 18.6 Å². The third-order valence-electron chi connectivity index (χ3n) is 2.43. The summed E-state index contributed by atoms with van der Waals surface area (Å²) in [6.07, 6.45) is 0.558. The Morgan fingerprint density at radius 3 is 2.67 bits per heavy atom. The summed E-state index contributed by atoms with van der Waals surface area (Å²) in [4.78, 5) is 0. The number of sulfonamides is 1. The molecule has 0 saturated carbocycles. The molecule has 0 aromatic heterocycles. The van der Waals surface area contributed by atoms with Crippen LogP contribution in [-0.4, -0.2) is 20.8 Å². The Balaban J connectivity index is 2.69. The Hall–Kier alpha value is -0.850. The van der Waals surface area contributed by atoms with Crippen LogP contribution in [0.3, 0.4) is 0 Å². The van der Waals surface area contributed by atoms with E-state index in [1.165, 1.54) is 18.2 Å². The van der Waals surface area contributed by atoms with E-state index >= 15 is 0 Å². The van der Waals surface area contributed by atoms with Crippen LogP contribution in [0.1, 0.15) is 13.3 Å². The van der Waals surface area contributed by atoms with Crippen LogP contribution >= 0.6 is 11.6 Å². The molecule has 18 heavy (non-hydrogen) atoms. The van der Waals surface area contributed by atoms with Crippen LogP contribution in [0.5, 0.6) is 5.75 Å². The van der Waals surface area contributed by atoms with Crippen molar-refractivity contribution in [3.05, 3.63) is 29.0 Å². The van der Waals surface area contributed by atoms with Crippen LogP contribution < -0.4 is 9.88 Å². The molecule has 0 aliphatic rings. The van der Waals surface area contributed by atoms with E-state index in [2.05, 4.69) is 0 Å². The first-order chi connectivity index (χ1) is 8.33. The molecule has 0 heterocycles. The molecule has 2 N–H and O–H groups in total. The van der Waals surface area contributed by atoms with Gasteiger partial charge in [0.05, 0.1) is 17.4 Å². The lowest BCUT2D eigenvalue weighted by Crippen LogP contribution is -2.26. The second-order valence-electron chi connectivity index (χ2n) is 3.97. The van der Waals surface area contributed by atoms with Crippen LogP contribution in [0.25, 0.3) is 0 Å². The summed E-state index contributed by atoms with van der Waals surface area (Å²) in [5.41, 5.74) is 0. The standard InChI is InChI=1S/C11H15ClFNO3S/c1-2-8(7-18(14,15)16)6-17-11-9(12)4-3-5-10(11)13/h3-5,8H,2,6-7H2,1H3,(H2,14,15,16). The minimum Gasteiger partial charge on any atom is -0.489 e. The number of benzene rings is 1. The van der Waals surface area contributed by atoms with Crippen LogP contribution in [0.15, 0.2) is 18.2 Å². The van der Waals surface area contributed by atoms with E-state index in [1.807, 2.05) is 6.92 Å². The molecule has 4 nitrogen and oxygen atoms in total. The van der Waals surface area contributed by atoms with Crippen molar-refractivity contribution >= 4 is 21.6 Å². The molecule has 0 radical (unpaired) electrons. The van der Waals surface area contributed by atoms with Crippen LogP contribution in [0.4, 0.5) is 4.39 Å². The molecule has 0 fully saturated rings. The van der Waals surface area contributed by atoms with E-state index in [0.717, 1.165) is 0 Å². The second kappa shape index (κ2) is 6.36. The minimum absolute atomic E-state index is 0.0492. The lowest BCUT2D eigenvalue weighted by molar-refractivity contribution is 0.247. The molecule has 1 aromatic rings. The molecule has 0 bridgehead atoms. The molecule has 7 heteroatoms. The normalized spacial score (nSPS) is 13.3. The first kappa shape index (κ1) is 15.2. The number of para-hydroxylation sites is 1. The van der Waals surface area contributed by atoms with Crippen molar-refractivity contribution < 1.29 is 17.5 Å². The van der Waals surface area contributed by atoms with Crippen molar-refractivity contribution in [2.75, 3.05) is 12.4 Å². The molecule has 1 atom stereocenters. The fraction of sp³-hybridized carbons (Fsp3) is 0.455. The van der Waals surface area contributed by atoms with E-state index in [9.17, 15) is 12.8 Å². The highest BCUT2D eigenvalue weighted by molar-refractivity contribution is 7.89. The van der Waals surface area contributed by atoms with Gasteiger partial charge in [-0.2, -0.15) is 0 Å². The van der Waals surface area contributed by atoms with Gasteiger partial charge >= 0.3 is 0 Å². The Morgan fingerprint density at radius 1 is 1.50 bits per heavy atom. The highest BCUT2D eigenvalue weighted by Crippen LogP contribution is 2.27. The molecular weight excluding hydrogens is 281 g/mol. The number of hydrogen-bond acceptors (Lipinski definition) is 3. The molecule has 1 rings (SSSR count). The summed E-state index contributed by atoms with van der Waals surface area (Å²) >= 11 is 5.78. The SMILES string of the molecule is CCC(COc1c(F)cccc1Cl)CS(N)(=O)=O. The zero-order valence-electron chi connectivity index (χ0n) is 9.90. The zero-order valence-corrected chi connectivity index (χ0v) is 11.5. The van der Waals surface area contributed by atoms with Crippen molar-refractivity contribution in [3.8, 4) is 5.75 Å². The predicted octanol–water partition coefficient (Wildman–Crippen LogP) is 2.17. The maximum Gasteiger partial charge on any atom is 0.209 e. The summed E-state index contributed by atoms with van der Waals surface area (Å²) in [6.45, 7) is 1.86. The van der Waals surface area contributed by atoms with Gasteiger partial charge in [-0.1, -0.05) is 24.6 Å². The van der Waals surface area contributed by atoms with Gasteiger partial charge in [0.25, 0.3) is 0 Å². The largest absolute Gasteiger partial charge is 0.489 e. The Kier molecular flexibility index (Phi) is 5.37. The monoisotopic (exact) mass is 295 g/mol. The third-order valence-corrected chi connectivity index (χ3v) is 3.66. The number of primary sulfonamides is 1. The van der Waals surface area contributed by atoms with Gasteiger partial charge in [0, 0.05) is 5.92 Å². The van der Waals surface area contributed by atoms with Gasteiger partial charge < -0.3 is 4.74 Å². The van der Waals surface area contributed by atoms with Gasteiger partial charge in [-0.25, -0.2) is 17.9 Å². The predicted molar refractivity (Wildman–Crippen MR) is 68.7 cm³/mol. The van der Waals surface area contributed by atoms with E-state index in [4.69, 9.17) is 21.5 Å². The van der Waals surface area contributed by atoms with E-state index < -0.39 is 15.8 Å². The maximum absolute atomic E-state index is 13.4. The topological polar surface area (TPSA) is 69.4 Å². The Labute approximate surface area is 111 Å². The third kappa shape index (κ3) is 4.80. The number of ether oxygens (including phenoxy) is 1.